The van der Waals surface area contributed by atoms with Crippen molar-refractivity contribution in [1.29, 1.82) is 0 Å². The number of amides is 3. The molecular formula is C26H28N4O3. The Morgan fingerprint density at radius 1 is 0.788 bits per heavy atom. The summed E-state index contributed by atoms with van der Waals surface area (Å²) in [5.74, 6) is -0.465. The molecule has 0 unspecified atom stereocenters. The van der Waals surface area contributed by atoms with E-state index in [2.05, 4.69) is 16.0 Å². The van der Waals surface area contributed by atoms with E-state index in [9.17, 15) is 14.4 Å². The van der Waals surface area contributed by atoms with Crippen LogP contribution in [0.1, 0.15) is 34.1 Å². The number of carbonyl (C=O) groups excluding carboxylic acids is 3. The second kappa shape index (κ2) is 11.5. The van der Waals surface area contributed by atoms with Crippen LogP contribution in [0.4, 0.5) is 17.1 Å². The van der Waals surface area contributed by atoms with E-state index in [-0.39, 0.29) is 24.3 Å². The molecule has 0 bridgehead atoms. The van der Waals surface area contributed by atoms with Crippen LogP contribution in [0, 0.1) is 0 Å². The Morgan fingerprint density at radius 3 is 2.03 bits per heavy atom. The molecule has 3 amide bonds. The molecule has 0 aliphatic heterocycles. The van der Waals surface area contributed by atoms with Gasteiger partial charge in [-0.1, -0.05) is 25.1 Å². The zero-order chi connectivity index (χ0) is 23.6. The van der Waals surface area contributed by atoms with Gasteiger partial charge in [-0.15, -0.1) is 0 Å². The predicted molar refractivity (Wildman–Crippen MR) is 132 cm³/mol. The van der Waals surface area contributed by atoms with Crippen molar-refractivity contribution in [3.05, 3.63) is 90.0 Å². The first-order valence-corrected chi connectivity index (χ1v) is 10.8. The number of hydrogen-bond donors (Lipinski definition) is 3. The van der Waals surface area contributed by atoms with E-state index in [1.165, 1.54) is 0 Å². The van der Waals surface area contributed by atoms with E-state index in [4.69, 9.17) is 0 Å². The Bertz CT molecular complexity index is 1080. The highest BCUT2D eigenvalue weighted by Gasteiger charge is 2.13. The highest BCUT2D eigenvalue weighted by molar-refractivity contribution is 6.06. The average Bonchev–Trinajstić information content (AvgIpc) is 2.86. The van der Waals surface area contributed by atoms with E-state index in [1.807, 2.05) is 37.3 Å². The van der Waals surface area contributed by atoms with Crippen molar-refractivity contribution < 1.29 is 14.4 Å². The molecule has 0 saturated heterocycles. The van der Waals surface area contributed by atoms with Gasteiger partial charge in [-0.2, -0.15) is 0 Å². The van der Waals surface area contributed by atoms with Gasteiger partial charge in [0.05, 0.1) is 6.54 Å². The van der Waals surface area contributed by atoms with Gasteiger partial charge in [0.1, 0.15) is 0 Å². The van der Waals surface area contributed by atoms with Crippen molar-refractivity contribution in [3.8, 4) is 0 Å². The number of rotatable bonds is 9. The third-order valence-corrected chi connectivity index (χ3v) is 5.00. The molecule has 3 N–H and O–H groups in total. The zero-order valence-corrected chi connectivity index (χ0v) is 18.8. The molecule has 0 spiro atoms. The molecule has 7 heteroatoms. The number of nitrogens with zero attached hydrogens (tertiary/aromatic N) is 1. The van der Waals surface area contributed by atoms with E-state index in [1.54, 1.807) is 60.5 Å². The molecule has 3 rings (SSSR count). The van der Waals surface area contributed by atoms with Crippen molar-refractivity contribution in [1.82, 2.24) is 5.32 Å². The summed E-state index contributed by atoms with van der Waals surface area (Å²) in [5.41, 5.74) is 3.26. The van der Waals surface area contributed by atoms with Crippen molar-refractivity contribution in [3.63, 3.8) is 0 Å². The van der Waals surface area contributed by atoms with Gasteiger partial charge in [0.2, 0.25) is 5.91 Å². The van der Waals surface area contributed by atoms with Crippen LogP contribution in [0.5, 0.6) is 0 Å². The Morgan fingerprint density at radius 2 is 1.39 bits per heavy atom. The number of carbonyl (C=O) groups is 3. The summed E-state index contributed by atoms with van der Waals surface area (Å²) in [6.07, 6.45) is 0.872. The Kier molecular flexibility index (Phi) is 8.18. The lowest BCUT2D eigenvalue weighted by Gasteiger charge is -2.17. The fourth-order valence-electron chi connectivity index (χ4n) is 3.13. The predicted octanol–water partition coefficient (Wildman–Crippen LogP) is 4.15. The monoisotopic (exact) mass is 444 g/mol. The van der Waals surface area contributed by atoms with Gasteiger partial charge in [-0.25, -0.2) is 0 Å². The fraction of sp³-hybridized carbons (Fsp3) is 0.192. The second-order valence-corrected chi connectivity index (χ2v) is 7.51. The standard InChI is InChI=1S/C26H28N4O3/c1-3-17-27-25(32)19-9-15-22(16-10-19)29-24(31)18-28-21-13-11-20(12-14-21)26(33)30(2)23-7-5-4-6-8-23/h4-16,28H,3,17-18H2,1-2H3,(H,27,32)(H,29,31). The smallest absolute Gasteiger partial charge is 0.258 e. The van der Waals surface area contributed by atoms with Crippen molar-refractivity contribution in [2.75, 3.05) is 35.7 Å². The summed E-state index contributed by atoms with van der Waals surface area (Å²) in [7, 11) is 1.73. The molecule has 0 aliphatic carbocycles. The summed E-state index contributed by atoms with van der Waals surface area (Å²) < 4.78 is 0. The normalized spacial score (nSPS) is 10.2. The summed E-state index contributed by atoms with van der Waals surface area (Å²) >= 11 is 0. The Balaban J connectivity index is 1.49. The SMILES string of the molecule is CCCNC(=O)c1ccc(NC(=O)CNc2ccc(C(=O)N(C)c3ccccc3)cc2)cc1. The second-order valence-electron chi connectivity index (χ2n) is 7.51. The quantitative estimate of drug-likeness (QED) is 0.462. The molecule has 0 aromatic heterocycles. The molecule has 0 atom stereocenters. The molecular weight excluding hydrogens is 416 g/mol. The third kappa shape index (κ3) is 6.67. The lowest BCUT2D eigenvalue weighted by atomic mass is 10.1. The van der Waals surface area contributed by atoms with E-state index >= 15 is 0 Å². The lowest BCUT2D eigenvalue weighted by Crippen LogP contribution is -2.26. The van der Waals surface area contributed by atoms with E-state index in [0.717, 1.165) is 17.8 Å². The molecule has 3 aromatic rings. The van der Waals surface area contributed by atoms with Gasteiger partial charge < -0.3 is 20.9 Å². The number of nitrogens with one attached hydrogen (secondary N) is 3. The van der Waals surface area contributed by atoms with Crippen LogP contribution < -0.4 is 20.9 Å². The number of benzene rings is 3. The van der Waals surface area contributed by atoms with Crippen LogP contribution in [0.15, 0.2) is 78.9 Å². The molecule has 33 heavy (non-hydrogen) atoms. The lowest BCUT2D eigenvalue weighted by molar-refractivity contribution is -0.114. The van der Waals surface area contributed by atoms with Gasteiger partial charge in [0, 0.05) is 41.8 Å². The van der Waals surface area contributed by atoms with Gasteiger partial charge >= 0.3 is 0 Å². The maximum atomic E-state index is 12.7. The summed E-state index contributed by atoms with van der Waals surface area (Å²) in [6.45, 7) is 2.68. The molecule has 0 heterocycles. The molecule has 7 nitrogen and oxygen atoms in total. The van der Waals surface area contributed by atoms with Crippen LogP contribution in [0.2, 0.25) is 0 Å². The Labute approximate surface area is 193 Å². The molecule has 0 fully saturated rings. The molecule has 0 saturated carbocycles. The van der Waals surface area contributed by atoms with E-state index < -0.39 is 0 Å². The zero-order valence-electron chi connectivity index (χ0n) is 18.8. The number of anilines is 3. The average molecular weight is 445 g/mol. The summed E-state index contributed by atoms with van der Waals surface area (Å²) in [5, 5.41) is 8.65. The van der Waals surface area contributed by atoms with Crippen molar-refractivity contribution in [2.24, 2.45) is 0 Å². The van der Waals surface area contributed by atoms with Gasteiger partial charge in [0.25, 0.3) is 11.8 Å². The van der Waals surface area contributed by atoms with Crippen LogP contribution in [0.25, 0.3) is 0 Å². The van der Waals surface area contributed by atoms with Crippen LogP contribution in [-0.4, -0.2) is 37.9 Å². The number of hydrogen-bond acceptors (Lipinski definition) is 4. The van der Waals surface area contributed by atoms with Crippen LogP contribution in [0.3, 0.4) is 0 Å². The fourth-order valence-corrected chi connectivity index (χ4v) is 3.13. The molecule has 0 radical (unpaired) electrons. The van der Waals surface area contributed by atoms with Gasteiger partial charge in [-0.3, -0.25) is 14.4 Å². The summed E-state index contributed by atoms with van der Waals surface area (Å²) in [4.78, 5) is 38.4. The number of para-hydroxylation sites is 1. The van der Waals surface area contributed by atoms with E-state index in [0.29, 0.717) is 23.4 Å². The molecule has 0 aliphatic rings. The minimum absolute atomic E-state index is 0.0654. The highest BCUT2D eigenvalue weighted by Crippen LogP contribution is 2.17. The first-order chi connectivity index (χ1) is 16.0. The largest absolute Gasteiger partial charge is 0.376 e. The third-order valence-electron chi connectivity index (χ3n) is 5.00. The minimum atomic E-state index is -0.220. The maximum Gasteiger partial charge on any atom is 0.258 e. The minimum Gasteiger partial charge on any atom is -0.376 e. The van der Waals surface area contributed by atoms with Crippen LogP contribution in [-0.2, 0) is 4.79 Å². The first-order valence-electron chi connectivity index (χ1n) is 10.8. The molecule has 170 valence electrons. The maximum absolute atomic E-state index is 12.7. The first kappa shape index (κ1) is 23.5. The van der Waals surface area contributed by atoms with Gasteiger partial charge in [0.15, 0.2) is 0 Å². The summed E-state index contributed by atoms with van der Waals surface area (Å²) in [6, 6.07) is 23.2. The van der Waals surface area contributed by atoms with Crippen LogP contribution >= 0.6 is 0 Å². The molecule has 3 aromatic carbocycles. The topological polar surface area (TPSA) is 90.5 Å². The van der Waals surface area contributed by atoms with Gasteiger partial charge in [-0.05, 0) is 67.1 Å². The van der Waals surface area contributed by atoms with Crippen molar-refractivity contribution >= 4 is 34.8 Å². The Hall–Kier alpha value is -4.13. The van der Waals surface area contributed by atoms with Crippen molar-refractivity contribution in [2.45, 2.75) is 13.3 Å². The highest BCUT2D eigenvalue weighted by atomic mass is 16.2.